The van der Waals surface area contributed by atoms with Gasteiger partial charge in [0.2, 0.25) is 5.91 Å². The average molecular weight is 276 g/mol. The molecule has 0 radical (unpaired) electrons. The lowest BCUT2D eigenvalue weighted by Gasteiger charge is -2.09. The number of aryl methyl sites for hydroxylation is 2. The van der Waals surface area contributed by atoms with Crippen molar-refractivity contribution in [3.05, 3.63) is 41.5 Å². The minimum Gasteiger partial charge on any atom is -0.330 e. The fourth-order valence-corrected chi connectivity index (χ4v) is 1.98. The number of aromatic nitrogens is 2. The minimum atomic E-state index is -0.443. The summed E-state index contributed by atoms with van der Waals surface area (Å²) in [5, 5.41) is 6.83. The van der Waals surface area contributed by atoms with Crippen LogP contribution in [0.1, 0.15) is 17.8 Å². The summed E-state index contributed by atoms with van der Waals surface area (Å²) in [6.07, 6.45) is 0.209. The standard InChI is InChI=1S/C14H17FN4O/c1-9-7-10(2)19(18-9)13-4-3-11(8-12(13)15)17-14(20)5-6-16/h3-4,7-8H,5-6,16H2,1-2H3,(H,17,20). The first-order valence-corrected chi connectivity index (χ1v) is 6.34. The zero-order valence-corrected chi connectivity index (χ0v) is 11.5. The summed E-state index contributed by atoms with van der Waals surface area (Å²) in [6.45, 7) is 3.97. The molecular formula is C14H17FN4O. The van der Waals surface area contributed by atoms with Crippen molar-refractivity contribution < 1.29 is 9.18 Å². The highest BCUT2D eigenvalue weighted by Crippen LogP contribution is 2.20. The van der Waals surface area contributed by atoms with Gasteiger partial charge in [-0.1, -0.05) is 0 Å². The molecule has 0 saturated carbocycles. The Balaban J connectivity index is 2.26. The highest BCUT2D eigenvalue weighted by Gasteiger charge is 2.10. The van der Waals surface area contributed by atoms with Gasteiger partial charge in [0.1, 0.15) is 5.69 Å². The van der Waals surface area contributed by atoms with E-state index in [0.717, 1.165) is 11.4 Å². The number of nitrogens with one attached hydrogen (secondary N) is 1. The predicted octanol–water partition coefficient (Wildman–Crippen LogP) is 1.92. The maximum absolute atomic E-state index is 14.1. The minimum absolute atomic E-state index is 0.209. The van der Waals surface area contributed by atoms with Gasteiger partial charge < -0.3 is 11.1 Å². The molecule has 0 aliphatic carbocycles. The third-order valence-corrected chi connectivity index (χ3v) is 2.84. The Kier molecular flexibility index (Phi) is 4.14. The molecular weight excluding hydrogens is 259 g/mol. The molecule has 2 aromatic rings. The summed E-state index contributed by atoms with van der Waals surface area (Å²) in [4.78, 5) is 11.4. The lowest BCUT2D eigenvalue weighted by molar-refractivity contribution is -0.116. The van der Waals surface area contributed by atoms with Crippen LogP contribution in [0.4, 0.5) is 10.1 Å². The first kappa shape index (κ1) is 14.2. The first-order chi connectivity index (χ1) is 9.51. The van der Waals surface area contributed by atoms with Gasteiger partial charge in [-0.05, 0) is 38.1 Å². The number of halogens is 1. The number of hydrogen-bond acceptors (Lipinski definition) is 3. The van der Waals surface area contributed by atoms with Crippen LogP contribution in [0.3, 0.4) is 0 Å². The van der Waals surface area contributed by atoms with Crippen molar-refractivity contribution in [2.45, 2.75) is 20.3 Å². The lowest BCUT2D eigenvalue weighted by Crippen LogP contribution is -2.16. The van der Waals surface area contributed by atoms with E-state index >= 15 is 0 Å². The van der Waals surface area contributed by atoms with Crippen LogP contribution in [-0.4, -0.2) is 22.2 Å². The second kappa shape index (κ2) is 5.83. The van der Waals surface area contributed by atoms with Gasteiger partial charge in [0, 0.05) is 24.3 Å². The number of nitrogens with two attached hydrogens (primary N) is 1. The Bertz CT molecular complexity index is 636. The van der Waals surface area contributed by atoms with E-state index in [2.05, 4.69) is 10.4 Å². The molecule has 5 nitrogen and oxygen atoms in total. The Morgan fingerprint density at radius 2 is 2.15 bits per heavy atom. The Morgan fingerprint density at radius 3 is 2.70 bits per heavy atom. The fraction of sp³-hybridized carbons (Fsp3) is 0.286. The second-order valence-electron chi connectivity index (χ2n) is 4.59. The molecule has 1 heterocycles. The third kappa shape index (κ3) is 3.03. The van der Waals surface area contributed by atoms with Gasteiger partial charge in [-0.3, -0.25) is 4.79 Å². The van der Waals surface area contributed by atoms with Gasteiger partial charge >= 0.3 is 0 Å². The average Bonchev–Trinajstić information content (AvgIpc) is 2.69. The molecule has 0 aliphatic heterocycles. The Hall–Kier alpha value is -2.21. The Morgan fingerprint density at radius 1 is 1.40 bits per heavy atom. The SMILES string of the molecule is Cc1cc(C)n(-c2ccc(NC(=O)CCN)cc2F)n1. The number of hydrogen-bond donors (Lipinski definition) is 2. The van der Waals surface area contributed by atoms with Gasteiger partial charge in [-0.2, -0.15) is 5.10 Å². The molecule has 0 aliphatic rings. The zero-order chi connectivity index (χ0) is 14.7. The topological polar surface area (TPSA) is 72.9 Å². The molecule has 20 heavy (non-hydrogen) atoms. The lowest BCUT2D eigenvalue weighted by atomic mass is 10.2. The summed E-state index contributed by atoms with van der Waals surface area (Å²) >= 11 is 0. The van der Waals surface area contributed by atoms with Crippen LogP contribution in [0.5, 0.6) is 0 Å². The number of rotatable bonds is 4. The molecule has 1 aromatic carbocycles. The molecule has 1 amide bonds. The molecule has 0 unspecified atom stereocenters. The van der Waals surface area contributed by atoms with Crippen LogP contribution in [-0.2, 0) is 4.79 Å². The van der Waals surface area contributed by atoms with Crippen LogP contribution >= 0.6 is 0 Å². The fourth-order valence-electron chi connectivity index (χ4n) is 1.98. The van der Waals surface area contributed by atoms with E-state index in [1.807, 2.05) is 19.9 Å². The Labute approximate surface area is 116 Å². The molecule has 0 saturated heterocycles. The van der Waals surface area contributed by atoms with E-state index in [1.54, 1.807) is 12.1 Å². The van der Waals surface area contributed by atoms with Crippen LogP contribution in [0, 0.1) is 19.7 Å². The van der Waals surface area contributed by atoms with E-state index in [1.165, 1.54) is 10.7 Å². The van der Waals surface area contributed by atoms with E-state index in [0.29, 0.717) is 11.4 Å². The number of carbonyl (C=O) groups is 1. The molecule has 2 rings (SSSR count). The molecule has 1 aromatic heterocycles. The van der Waals surface area contributed by atoms with Crippen molar-refractivity contribution in [1.29, 1.82) is 0 Å². The molecule has 3 N–H and O–H groups in total. The van der Waals surface area contributed by atoms with Crippen molar-refractivity contribution in [3.8, 4) is 5.69 Å². The summed E-state index contributed by atoms with van der Waals surface area (Å²) < 4.78 is 15.7. The molecule has 6 heteroatoms. The van der Waals surface area contributed by atoms with Crippen LogP contribution in [0.25, 0.3) is 5.69 Å². The van der Waals surface area contributed by atoms with Crippen molar-refractivity contribution in [1.82, 2.24) is 9.78 Å². The van der Waals surface area contributed by atoms with Gasteiger partial charge in [0.25, 0.3) is 0 Å². The molecule has 0 spiro atoms. The predicted molar refractivity (Wildman–Crippen MR) is 75.3 cm³/mol. The van der Waals surface area contributed by atoms with Crippen molar-refractivity contribution in [2.24, 2.45) is 5.73 Å². The van der Waals surface area contributed by atoms with E-state index in [9.17, 15) is 9.18 Å². The highest BCUT2D eigenvalue weighted by molar-refractivity contribution is 5.90. The van der Waals surface area contributed by atoms with Gasteiger partial charge in [0.05, 0.1) is 5.69 Å². The number of nitrogens with zero attached hydrogens (tertiary/aromatic N) is 2. The number of amides is 1. The van der Waals surface area contributed by atoms with E-state index in [-0.39, 0.29) is 18.9 Å². The first-order valence-electron chi connectivity index (χ1n) is 6.34. The third-order valence-electron chi connectivity index (χ3n) is 2.84. The van der Waals surface area contributed by atoms with Gasteiger partial charge in [-0.15, -0.1) is 0 Å². The quantitative estimate of drug-likeness (QED) is 0.896. The normalized spacial score (nSPS) is 10.6. The van der Waals surface area contributed by atoms with Crippen molar-refractivity contribution in [3.63, 3.8) is 0 Å². The molecule has 0 bridgehead atoms. The van der Waals surface area contributed by atoms with Crippen molar-refractivity contribution >= 4 is 11.6 Å². The summed E-state index contributed by atoms with van der Waals surface area (Å²) in [7, 11) is 0. The number of benzene rings is 1. The summed E-state index contributed by atoms with van der Waals surface area (Å²) in [5.74, 6) is -0.674. The zero-order valence-electron chi connectivity index (χ0n) is 11.5. The largest absolute Gasteiger partial charge is 0.330 e. The smallest absolute Gasteiger partial charge is 0.225 e. The monoisotopic (exact) mass is 276 g/mol. The summed E-state index contributed by atoms with van der Waals surface area (Å²) in [6, 6.07) is 6.38. The molecule has 106 valence electrons. The maximum atomic E-state index is 14.1. The molecule has 0 fully saturated rings. The van der Waals surface area contributed by atoms with Gasteiger partial charge in [-0.25, -0.2) is 9.07 Å². The van der Waals surface area contributed by atoms with Crippen LogP contribution < -0.4 is 11.1 Å². The second-order valence-corrected chi connectivity index (χ2v) is 4.59. The molecule has 0 atom stereocenters. The van der Waals surface area contributed by atoms with Crippen LogP contribution in [0.15, 0.2) is 24.3 Å². The highest BCUT2D eigenvalue weighted by atomic mass is 19.1. The summed E-state index contributed by atoms with van der Waals surface area (Å²) in [5.41, 5.74) is 7.72. The van der Waals surface area contributed by atoms with Crippen molar-refractivity contribution in [2.75, 3.05) is 11.9 Å². The van der Waals surface area contributed by atoms with Gasteiger partial charge in [0.15, 0.2) is 5.82 Å². The van der Waals surface area contributed by atoms with Crippen LogP contribution in [0.2, 0.25) is 0 Å². The van der Waals surface area contributed by atoms with E-state index < -0.39 is 5.82 Å². The number of carbonyl (C=O) groups excluding carboxylic acids is 1. The van der Waals surface area contributed by atoms with E-state index in [4.69, 9.17) is 5.73 Å². The maximum Gasteiger partial charge on any atom is 0.225 e. The number of anilines is 1.